The number of carboxylic acid groups (broad SMARTS) is 1. The molecule has 1 aliphatic rings. The van der Waals surface area contributed by atoms with Crippen molar-refractivity contribution in [3.8, 4) is 5.75 Å². The van der Waals surface area contributed by atoms with Gasteiger partial charge in [0, 0.05) is 18.5 Å². The van der Waals surface area contributed by atoms with E-state index in [1.54, 1.807) is 16.8 Å². The van der Waals surface area contributed by atoms with Gasteiger partial charge in [0.2, 0.25) is 10.0 Å². The molecule has 4 rings (SSSR count). The Hall–Kier alpha value is -2.98. The second-order valence-corrected chi connectivity index (χ2v) is 10.8. The fourth-order valence-corrected chi connectivity index (χ4v) is 6.11. The molecule has 1 aliphatic heterocycles. The maximum atomic E-state index is 14.1. The van der Waals surface area contributed by atoms with Crippen LogP contribution in [0.2, 0.25) is 0 Å². The monoisotopic (exact) mass is 489 g/mol. The molecule has 8 nitrogen and oxygen atoms in total. The van der Waals surface area contributed by atoms with Crippen molar-refractivity contribution in [3.63, 3.8) is 0 Å². The molecule has 34 heavy (non-hydrogen) atoms. The van der Waals surface area contributed by atoms with E-state index in [-0.39, 0.29) is 42.3 Å². The van der Waals surface area contributed by atoms with E-state index in [1.165, 1.54) is 34.6 Å². The summed E-state index contributed by atoms with van der Waals surface area (Å²) in [7, 11) is -3.78. The van der Waals surface area contributed by atoms with Crippen LogP contribution in [0.3, 0.4) is 0 Å². The maximum absolute atomic E-state index is 14.1. The minimum absolute atomic E-state index is 0.0958. The van der Waals surface area contributed by atoms with Crippen LogP contribution in [0.5, 0.6) is 5.75 Å². The van der Waals surface area contributed by atoms with Crippen LogP contribution in [-0.4, -0.2) is 53.3 Å². The largest absolute Gasteiger partial charge is 0.494 e. The van der Waals surface area contributed by atoms with Gasteiger partial charge in [-0.1, -0.05) is 13.8 Å². The average Bonchev–Trinajstić information content (AvgIpc) is 3.36. The predicted molar refractivity (Wildman–Crippen MR) is 125 cm³/mol. The highest BCUT2D eigenvalue weighted by Crippen LogP contribution is 2.38. The van der Waals surface area contributed by atoms with E-state index in [1.807, 2.05) is 20.8 Å². The van der Waals surface area contributed by atoms with E-state index >= 15 is 0 Å². The van der Waals surface area contributed by atoms with Crippen LogP contribution in [0.15, 0.2) is 47.4 Å². The van der Waals surface area contributed by atoms with Crippen LogP contribution < -0.4 is 4.74 Å². The van der Waals surface area contributed by atoms with Crippen molar-refractivity contribution in [3.05, 3.63) is 54.0 Å². The van der Waals surface area contributed by atoms with Gasteiger partial charge in [0.05, 0.1) is 35.2 Å². The third-order valence-corrected chi connectivity index (χ3v) is 8.15. The number of aliphatic carboxylic acids is 1. The van der Waals surface area contributed by atoms with E-state index in [0.717, 1.165) is 0 Å². The molecule has 0 saturated carbocycles. The molecule has 2 atom stereocenters. The third kappa shape index (κ3) is 4.52. The number of ether oxygens (including phenoxy) is 1. The van der Waals surface area contributed by atoms with Gasteiger partial charge in [0.25, 0.3) is 0 Å². The van der Waals surface area contributed by atoms with Crippen LogP contribution in [-0.2, 0) is 21.2 Å². The van der Waals surface area contributed by atoms with Crippen LogP contribution in [0.1, 0.15) is 32.5 Å². The molecule has 0 aliphatic carbocycles. The quantitative estimate of drug-likeness (QED) is 0.518. The zero-order valence-electron chi connectivity index (χ0n) is 19.3. The maximum Gasteiger partial charge on any atom is 0.309 e. The molecule has 0 radical (unpaired) electrons. The summed E-state index contributed by atoms with van der Waals surface area (Å²) in [4.78, 5) is 11.5. The highest BCUT2D eigenvalue weighted by Gasteiger charge is 2.42. The lowest BCUT2D eigenvalue weighted by Gasteiger charge is -2.22. The van der Waals surface area contributed by atoms with Gasteiger partial charge in [-0.2, -0.15) is 9.40 Å². The number of benzene rings is 2. The van der Waals surface area contributed by atoms with Crippen LogP contribution >= 0.6 is 0 Å². The van der Waals surface area contributed by atoms with E-state index in [2.05, 4.69) is 5.10 Å². The smallest absolute Gasteiger partial charge is 0.309 e. The van der Waals surface area contributed by atoms with Gasteiger partial charge >= 0.3 is 5.97 Å². The fourth-order valence-electron chi connectivity index (χ4n) is 4.61. The van der Waals surface area contributed by atoms with Crippen LogP contribution in [0.4, 0.5) is 4.39 Å². The summed E-state index contributed by atoms with van der Waals surface area (Å²) in [5, 5.41) is 14.4. The highest BCUT2D eigenvalue weighted by molar-refractivity contribution is 7.89. The SMILES string of the molecule is CCOc1ccc(S(=O)(=O)N2CC(C(C)C)[C@@H](n3nc(CC(=O)O)c4ccc(F)cc43)C2)cc1. The minimum atomic E-state index is -3.78. The number of carbonyl (C=O) groups is 1. The number of halogens is 1. The fraction of sp³-hybridized carbons (Fsp3) is 0.417. The molecule has 182 valence electrons. The number of hydrogen-bond acceptors (Lipinski definition) is 5. The Morgan fingerprint density at radius 1 is 1.21 bits per heavy atom. The predicted octanol–water partition coefficient (Wildman–Crippen LogP) is 3.72. The first-order chi connectivity index (χ1) is 16.1. The first-order valence-corrected chi connectivity index (χ1v) is 12.7. The molecule has 3 aromatic rings. The van der Waals surface area contributed by atoms with E-state index in [4.69, 9.17) is 4.74 Å². The summed E-state index contributed by atoms with van der Waals surface area (Å²) >= 11 is 0. The molecular formula is C24H28FN3O5S. The molecule has 1 saturated heterocycles. The summed E-state index contributed by atoms with van der Waals surface area (Å²) in [5.41, 5.74) is 0.796. The molecule has 10 heteroatoms. The normalized spacial score (nSPS) is 19.2. The summed E-state index contributed by atoms with van der Waals surface area (Å²) in [6, 6.07) is 10.1. The number of aromatic nitrogens is 2. The molecule has 0 amide bonds. The molecule has 1 aromatic heterocycles. The Kier molecular flexibility index (Phi) is 6.64. The summed E-state index contributed by atoms with van der Waals surface area (Å²) in [6.45, 7) is 6.79. The lowest BCUT2D eigenvalue weighted by molar-refractivity contribution is -0.136. The van der Waals surface area contributed by atoms with Crippen molar-refractivity contribution in [1.82, 2.24) is 14.1 Å². The van der Waals surface area contributed by atoms with E-state index < -0.39 is 21.8 Å². The molecule has 1 unspecified atom stereocenters. The van der Waals surface area contributed by atoms with Crippen molar-refractivity contribution in [2.24, 2.45) is 11.8 Å². The van der Waals surface area contributed by atoms with Gasteiger partial charge < -0.3 is 9.84 Å². The van der Waals surface area contributed by atoms with Crippen molar-refractivity contribution in [2.75, 3.05) is 19.7 Å². The van der Waals surface area contributed by atoms with Gasteiger partial charge in [0.1, 0.15) is 11.6 Å². The zero-order chi connectivity index (χ0) is 24.6. The van der Waals surface area contributed by atoms with Gasteiger partial charge in [-0.15, -0.1) is 0 Å². The molecular weight excluding hydrogens is 461 g/mol. The van der Waals surface area contributed by atoms with Gasteiger partial charge in [0.15, 0.2) is 0 Å². The van der Waals surface area contributed by atoms with Gasteiger partial charge in [-0.05, 0) is 61.2 Å². The van der Waals surface area contributed by atoms with Crippen LogP contribution in [0, 0.1) is 17.7 Å². The average molecular weight is 490 g/mol. The van der Waals surface area contributed by atoms with Gasteiger partial charge in [-0.3, -0.25) is 9.48 Å². The van der Waals surface area contributed by atoms with Crippen molar-refractivity contribution in [2.45, 2.75) is 38.1 Å². The Morgan fingerprint density at radius 2 is 1.91 bits per heavy atom. The van der Waals surface area contributed by atoms with Gasteiger partial charge in [-0.25, -0.2) is 12.8 Å². The number of sulfonamides is 1. The topological polar surface area (TPSA) is 102 Å². The molecule has 0 spiro atoms. The van der Waals surface area contributed by atoms with E-state index in [0.29, 0.717) is 29.0 Å². The van der Waals surface area contributed by atoms with Crippen molar-refractivity contribution < 1.29 is 27.4 Å². The Balaban J connectivity index is 1.73. The third-order valence-electron chi connectivity index (χ3n) is 6.31. The summed E-state index contributed by atoms with van der Waals surface area (Å²) < 4.78 is 49.5. The molecule has 2 heterocycles. The van der Waals surface area contributed by atoms with E-state index in [9.17, 15) is 22.7 Å². The molecule has 2 aromatic carbocycles. The lowest BCUT2D eigenvalue weighted by atomic mass is 9.91. The van der Waals surface area contributed by atoms with Crippen LogP contribution in [0.25, 0.3) is 10.9 Å². The lowest BCUT2D eigenvalue weighted by Crippen LogP contribution is -2.29. The molecule has 0 bridgehead atoms. The number of nitrogens with zero attached hydrogens (tertiary/aromatic N) is 3. The Labute approximate surface area is 198 Å². The first-order valence-electron chi connectivity index (χ1n) is 11.2. The number of fused-ring (bicyclic) bond motifs is 1. The van der Waals surface area contributed by atoms with Crippen molar-refractivity contribution in [1.29, 1.82) is 0 Å². The molecule has 1 fully saturated rings. The van der Waals surface area contributed by atoms with Crippen molar-refractivity contribution >= 4 is 26.9 Å². The zero-order valence-corrected chi connectivity index (χ0v) is 20.1. The molecule has 1 N–H and O–H groups in total. The first kappa shape index (κ1) is 24.2. The Morgan fingerprint density at radius 3 is 2.53 bits per heavy atom. The second-order valence-electron chi connectivity index (χ2n) is 8.82. The second kappa shape index (κ2) is 9.34. The Bertz CT molecular complexity index is 1300. The summed E-state index contributed by atoms with van der Waals surface area (Å²) in [5.74, 6) is -0.893. The number of hydrogen-bond donors (Lipinski definition) is 1. The highest BCUT2D eigenvalue weighted by atomic mass is 32.2. The minimum Gasteiger partial charge on any atom is -0.494 e. The number of carboxylic acids is 1. The standard InChI is InChI=1S/C24H28FN3O5S/c1-4-33-17-6-8-18(9-7-17)34(31,32)27-13-20(15(2)3)23(14-27)28-22-11-16(25)5-10-19(22)21(26-28)12-24(29)30/h5-11,15,20,23H,4,12-14H2,1-3H3,(H,29,30)/t20?,23-/m0/s1. The summed E-state index contributed by atoms with van der Waals surface area (Å²) in [6.07, 6.45) is -0.303. The number of rotatable bonds is 8.